The minimum Gasteiger partial charge on any atom is -0.497 e. The van der Waals surface area contributed by atoms with Crippen LogP contribution in [-0.4, -0.2) is 39.4 Å². The van der Waals surface area contributed by atoms with Gasteiger partial charge < -0.3 is 18.9 Å². The summed E-state index contributed by atoms with van der Waals surface area (Å²) in [4.78, 5) is 25.9. The van der Waals surface area contributed by atoms with E-state index in [2.05, 4.69) is 23.7 Å². The van der Waals surface area contributed by atoms with Gasteiger partial charge in [-0.25, -0.2) is 0 Å². The minimum atomic E-state index is -1.65. The molecular weight excluding hydrogens is 420 g/mol. The highest BCUT2D eigenvalue weighted by Crippen LogP contribution is 2.30. The number of carbonyl (C=O) groups excluding carboxylic acids is 2. The molecule has 0 amide bonds. The Hall–Kier alpha value is -3.90. The topological polar surface area (TPSA) is 71.1 Å². The fourth-order valence-corrected chi connectivity index (χ4v) is 2.92. The molecule has 0 saturated heterocycles. The second kappa shape index (κ2) is 12.8. The number of rotatable bonds is 8. The van der Waals surface area contributed by atoms with Gasteiger partial charge >= 0.3 is 11.9 Å². The molecule has 2 aromatic carbocycles. The average Bonchev–Trinajstić information content (AvgIpc) is 2.84. The van der Waals surface area contributed by atoms with Crippen molar-refractivity contribution in [2.24, 2.45) is 5.41 Å². The lowest BCUT2D eigenvalue weighted by Gasteiger charge is -2.25. The van der Waals surface area contributed by atoms with Crippen LogP contribution >= 0.6 is 0 Å². The Morgan fingerprint density at radius 2 is 1.06 bits per heavy atom. The Kier molecular flexibility index (Phi) is 9.86. The second-order valence-electron chi connectivity index (χ2n) is 6.94. The van der Waals surface area contributed by atoms with E-state index in [9.17, 15) is 9.59 Å². The van der Waals surface area contributed by atoms with Crippen LogP contribution in [0.1, 0.15) is 37.8 Å². The number of esters is 2. The van der Waals surface area contributed by atoms with Crippen molar-refractivity contribution in [3.63, 3.8) is 0 Å². The first-order valence-electron chi connectivity index (χ1n) is 10.6. The molecule has 0 aromatic heterocycles. The lowest BCUT2D eigenvalue weighted by atomic mass is 9.81. The van der Waals surface area contributed by atoms with Gasteiger partial charge in [0.1, 0.15) is 11.5 Å². The minimum absolute atomic E-state index is 0.0893. The molecule has 2 aromatic rings. The Bertz CT molecular complexity index is 959. The summed E-state index contributed by atoms with van der Waals surface area (Å²) in [5.74, 6) is 11.9. The van der Waals surface area contributed by atoms with E-state index >= 15 is 0 Å². The van der Waals surface area contributed by atoms with Crippen molar-refractivity contribution < 1.29 is 28.5 Å². The van der Waals surface area contributed by atoms with Gasteiger partial charge in [0.05, 0.1) is 27.4 Å². The molecule has 33 heavy (non-hydrogen) atoms. The fourth-order valence-electron chi connectivity index (χ4n) is 2.92. The van der Waals surface area contributed by atoms with E-state index in [0.717, 1.165) is 11.1 Å². The lowest BCUT2D eigenvalue weighted by molar-refractivity contribution is -0.171. The molecule has 0 spiro atoms. The largest absolute Gasteiger partial charge is 0.497 e. The lowest BCUT2D eigenvalue weighted by Crippen LogP contribution is -2.41. The van der Waals surface area contributed by atoms with Crippen LogP contribution in [0.25, 0.3) is 0 Å². The summed E-state index contributed by atoms with van der Waals surface area (Å²) in [7, 11) is 3.17. The molecular formula is C27H28O6. The van der Waals surface area contributed by atoms with Crippen LogP contribution in [0.15, 0.2) is 48.5 Å². The van der Waals surface area contributed by atoms with Crippen molar-refractivity contribution >= 4 is 11.9 Å². The number of carbonyl (C=O) groups is 2. The molecule has 0 aliphatic heterocycles. The van der Waals surface area contributed by atoms with Crippen molar-refractivity contribution in [2.75, 3.05) is 27.4 Å². The molecule has 2 rings (SSSR count). The van der Waals surface area contributed by atoms with E-state index < -0.39 is 17.4 Å². The van der Waals surface area contributed by atoms with E-state index in [0.29, 0.717) is 11.5 Å². The number of benzene rings is 2. The maximum atomic E-state index is 12.9. The van der Waals surface area contributed by atoms with Gasteiger partial charge in [-0.3, -0.25) is 9.59 Å². The van der Waals surface area contributed by atoms with Gasteiger partial charge in [-0.05, 0) is 62.4 Å². The highest BCUT2D eigenvalue weighted by molar-refractivity contribution is 6.00. The van der Waals surface area contributed by atoms with E-state index in [-0.39, 0.29) is 26.1 Å². The predicted octanol–water partition coefficient (Wildman–Crippen LogP) is 4.00. The number of hydrogen-bond acceptors (Lipinski definition) is 6. The van der Waals surface area contributed by atoms with Crippen molar-refractivity contribution in [2.45, 2.75) is 26.7 Å². The SMILES string of the molecule is CCOC(=O)C(CC#Cc1ccc(OC)cc1)(CC#Cc1ccc(OC)cc1)C(=O)OCC. The number of hydrogen-bond donors (Lipinski definition) is 0. The van der Waals surface area contributed by atoms with Crippen LogP contribution in [-0.2, 0) is 19.1 Å². The molecule has 0 bridgehead atoms. The Morgan fingerprint density at radius 1 is 0.697 bits per heavy atom. The predicted molar refractivity (Wildman–Crippen MR) is 125 cm³/mol. The third-order valence-electron chi connectivity index (χ3n) is 4.76. The molecule has 0 aliphatic carbocycles. The molecule has 0 N–H and O–H groups in total. The van der Waals surface area contributed by atoms with Gasteiger partial charge in [0.15, 0.2) is 5.41 Å². The first-order valence-corrected chi connectivity index (χ1v) is 10.6. The standard InChI is InChI=1S/C27H28O6/c1-5-32-25(28)27(26(29)33-6-2,19-7-9-21-11-15-23(30-3)16-12-21)20-8-10-22-13-17-24(31-4)18-14-22/h11-18H,5-6,19-20H2,1-4H3. The Morgan fingerprint density at radius 3 is 1.36 bits per heavy atom. The first-order chi connectivity index (χ1) is 16.0. The molecule has 6 nitrogen and oxygen atoms in total. The highest BCUT2D eigenvalue weighted by Gasteiger charge is 2.48. The van der Waals surface area contributed by atoms with E-state index in [4.69, 9.17) is 18.9 Å². The molecule has 0 unspecified atom stereocenters. The third kappa shape index (κ3) is 7.05. The van der Waals surface area contributed by atoms with Gasteiger partial charge in [0, 0.05) is 24.0 Å². The van der Waals surface area contributed by atoms with E-state index in [1.54, 1.807) is 76.6 Å². The highest BCUT2D eigenvalue weighted by atomic mass is 16.6. The first kappa shape index (κ1) is 25.4. The van der Waals surface area contributed by atoms with Crippen molar-refractivity contribution in [1.82, 2.24) is 0 Å². The summed E-state index contributed by atoms with van der Waals surface area (Å²) in [6, 6.07) is 14.3. The second-order valence-corrected chi connectivity index (χ2v) is 6.94. The number of ether oxygens (including phenoxy) is 4. The third-order valence-corrected chi connectivity index (χ3v) is 4.76. The van der Waals surface area contributed by atoms with Gasteiger partial charge in [-0.2, -0.15) is 0 Å². The maximum absolute atomic E-state index is 12.9. The average molecular weight is 449 g/mol. The molecule has 0 radical (unpaired) electrons. The zero-order chi connectivity index (χ0) is 24.1. The fraction of sp³-hybridized carbons (Fsp3) is 0.333. The molecule has 0 atom stereocenters. The van der Waals surface area contributed by atoms with Crippen LogP contribution in [0, 0.1) is 29.1 Å². The van der Waals surface area contributed by atoms with Crippen LogP contribution in [0.3, 0.4) is 0 Å². The van der Waals surface area contributed by atoms with Crippen molar-refractivity contribution in [3.05, 3.63) is 59.7 Å². The van der Waals surface area contributed by atoms with E-state index in [1.807, 2.05) is 0 Å². The summed E-state index contributed by atoms with van der Waals surface area (Å²) < 4.78 is 20.8. The quantitative estimate of drug-likeness (QED) is 0.345. The smallest absolute Gasteiger partial charge is 0.325 e. The summed E-state index contributed by atoms with van der Waals surface area (Å²) >= 11 is 0. The summed E-state index contributed by atoms with van der Waals surface area (Å²) in [5, 5.41) is 0. The van der Waals surface area contributed by atoms with Crippen LogP contribution in [0.4, 0.5) is 0 Å². The van der Waals surface area contributed by atoms with Crippen LogP contribution in [0.2, 0.25) is 0 Å². The van der Waals surface area contributed by atoms with Crippen molar-refractivity contribution in [1.29, 1.82) is 0 Å². The monoisotopic (exact) mass is 448 g/mol. The molecule has 0 fully saturated rings. The maximum Gasteiger partial charge on any atom is 0.325 e. The zero-order valence-electron chi connectivity index (χ0n) is 19.4. The molecule has 0 heterocycles. The van der Waals surface area contributed by atoms with E-state index in [1.165, 1.54) is 0 Å². The van der Waals surface area contributed by atoms with Gasteiger partial charge in [0.2, 0.25) is 0 Å². The Balaban J connectivity index is 2.36. The van der Waals surface area contributed by atoms with Crippen molar-refractivity contribution in [3.8, 4) is 35.2 Å². The molecule has 6 heteroatoms. The van der Waals surface area contributed by atoms with Crippen LogP contribution < -0.4 is 9.47 Å². The molecule has 0 saturated carbocycles. The number of methoxy groups -OCH3 is 2. The van der Waals surface area contributed by atoms with Crippen LogP contribution in [0.5, 0.6) is 11.5 Å². The summed E-state index contributed by atoms with van der Waals surface area (Å²) in [5.41, 5.74) is -0.200. The van der Waals surface area contributed by atoms with Gasteiger partial charge in [-0.1, -0.05) is 23.7 Å². The van der Waals surface area contributed by atoms with Gasteiger partial charge in [0.25, 0.3) is 0 Å². The zero-order valence-corrected chi connectivity index (χ0v) is 19.4. The van der Waals surface area contributed by atoms with Gasteiger partial charge in [-0.15, -0.1) is 0 Å². The summed E-state index contributed by atoms with van der Waals surface area (Å²) in [6.07, 6.45) is -0.179. The molecule has 172 valence electrons. The normalized spacial score (nSPS) is 10.1. The summed E-state index contributed by atoms with van der Waals surface area (Å²) in [6.45, 7) is 3.61. The molecule has 0 aliphatic rings. The Labute approximate surface area is 195 Å².